The molecule has 0 aliphatic rings. The predicted octanol–water partition coefficient (Wildman–Crippen LogP) is 1.05. The molecule has 0 saturated carbocycles. The number of fused-ring (bicyclic) bond motifs is 1. The molecule has 0 aliphatic heterocycles. The number of hydrogen-bond donors (Lipinski definition) is 2. The van der Waals surface area contributed by atoms with Crippen LogP contribution in [0.3, 0.4) is 0 Å². The summed E-state index contributed by atoms with van der Waals surface area (Å²) in [7, 11) is 0. The summed E-state index contributed by atoms with van der Waals surface area (Å²) in [6.07, 6.45) is 1.74. The highest BCUT2D eigenvalue weighted by atomic mass is 16.5. The van der Waals surface area contributed by atoms with Gasteiger partial charge in [0.15, 0.2) is 5.82 Å². The summed E-state index contributed by atoms with van der Waals surface area (Å²) in [6.45, 7) is 1.59. The summed E-state index contributed by atoms with van der Waals surface area (Å²) in [5.74, 6) is 0.760. The van der Waals surface area contributed by atoms with Gasteiger partial charge in [-0.1, -0.05) is 24.3 Å². The summed E-state index contributed by atoms with van der Waals surface area (Å²) in [5.41, 5.74) is 0. The molecule has 2 aromatic rings. The number of benzene rings is 1. The van der Waals surface area contributed by atoms with Gasteiger partial charge in [0, 0.05) is 17.3 Å². The van der Waals surface area contributed by atoms with Crippen molar-refractivity contribution in [1.29, 1.82) is 0 Å². The van der Waals surface area contributed by atoms with Crippen LogP contribution in [0.5, 0.6) is 0 Å². The third-order valence-corrected chi connectivity index (χ3v) is 2.34. The Labute approximate surface area is 99.4 Å². The maximum Gasteiger partial charge on any atom is 0.156 e. The molecule has 5 nitrogen and oxygen atoms in total. The SMILES string of the molecule is OCCOCCNc1nncc2ccccc12. The lowest BCUT2D eigenvalue weighted by molar-refractivity contribution is 0.0992. The van der Waals surface area contributed by atoms with Crippen LogP contribution in [0.25, 0.3) is 10.8 Å². The molecule has 0 spiro atoms. The number of anilines is 1. The number of aliphatic hydroxyl groups excluding tert-OH is 1. The van der Waals surface area contributed by atoms with E-state index in [-0.39, 0.29) is 6.61 Å². The van der Waals surface area contributed by atoms with E-state index in [9.17, 15) is 0 Å². The molecule has 0 fully saturated rings. The fourth-order valence-electron chi connectivity index (χ4n) is 1.57. The number of aliphatic hydroxyl groups is 1. The van der Waals surface area contributed by atoms with Gasteiger partial charge in [-0.3, -0.25) is 0 Å². The maximum absolute atomic E-state index is 8.56. The molecule has 0 saturated heterocycles. The molecular weight excluding hydrogens is 218 g/mol. The standard InChI is InChI=1S/C12H15N3O2/c16-6-8-17-7-5-13-12-11-4-2-1-3-10(11)9-14-15-12/h1-4,9,16H,5-8H2,(H,13,15). The predicted molar refractivity (Wildman–Crippen MR) is 65.9 cm³/mol. The Morgan fingerprint density at radius 1 is 1.24 bits per heavy atom. The number of ether oxygens (including phenoxy) is 1. The molecule has 90 valence electrons. The first-order valence-corrected chi connectivity index (χ1v) is 5.54. The average molecular weight is 233 g/mol. The Morgan fingerprint density at radius 2 is 2.12 bits per heavy atom. The normalized spacial score (nSPS) is 10.6. The van der Waals surface area contributed by atoms with Crippen molar-refractivity contribution in [3.8, 4) is 0 Å². The molecular formula is C12H15N3O2. The van der Waals surface area contributed by atoms with Crippen LogP contribution in [-0.2, 0) is 4.74 Å². The topological polar surface area (TPSA) is 67.3 Å². The van der Waals surface area contributed by atoms with Gasteiger partial charge >= 0.3 is 0 Å². The molecule has 0 radical (unpaired) electrons. The van der Waals surface area contributed by atoms with Gasteiger partial charge in [-0.25, -0.2) is 0 Å². The van der Waals surface area contributed by atoms with Gasteiger partial charge in [0.25, 0.3) is 0 Å². The van der Waals surface area contributed by atoms with Crippen molar-refractivity contribution in [2.45, 2.75) is 0 Å². The van der Waals surface area contributed by atoms with E-state index >= 15 is 0 Å². The van der Waals surface area contributed by atoms with Crippen LogP contribution in [0.4, 0.5) is 5.82 Å². The van der Waals surface area contributed by atoms with Crippen molar-refractivity contribution in [2.75, 3.05) is 31.7 Å². The van der Waals surface area contributed by atoms with Gasteiger partial charge in [-0.05, 0) is 0 Å². The molecule has 0 bridgehead atoms. The smallest absolute Gasteiger partial charge is 0.156 e. The van der Waals surface area contributed by atoms with Gasteiger partial charge in [0.1, 0.15) is 0 Å². The lowest BCUT2D eigenvalue weighted by atomic mass is 10.2. The number of hydrogen-bond acceptors (Lipinski definition) is 5. The number of rotatable bonds is 6. The van der Waals surface area contributed by atoms with E-state index in [2.05, 4.69) is 15.5 Å². The second kappa shape index (κ2) is 6.12. The molecule has 2 N–H and O–H groups in total. The highest BCUT2D eigenvalue weighted by Crippen LogP contribution is 2.18. The zero-order chi connectivity index (χ0) is 11.9. The van der Waals surface area contributed by atoms with Crippen LogP contribution < -0.4 is 5.32 Å². The van der Waals surface area contributed by atoms with Crippen molar-refractivity contribution in [3.63, 3.8) is 0 Å². The van der Waals surface area contributed by atoms with Crippen molar-refractivity contribution in [3.05, 3.63) is 30.5 Å². The third-order valence-electron chi connectivity index (χ3n) is 2.34. The van der Waals surface area contributed by atoms with Crippen LogP contribution in [0.2, 0.25) is 0 Å². The second-order valence-electron chi connectivity index (χ2n) is 3.54. The zero-order valence-electron chi connectivity index (χ0n) is 9.47. The fourth-order valence-corrected chi connectivity index (χ4v) is 1.57. The Kier molecular flexibility index (Phi) is 4.23. The van der Waals surface area contributed by atoms with Crippen LogP contribution >= 0.6 is 0 Å². The van der Waals surface area contributed by atoms with Gasteiger partial charge in [-0.15, -0.1) is 5.10 Å². The molecule has 0 amide bonds. The van der Waals surface area contributed by atoms with E-state index < -0.39 is 0 Å². The molecule has 5 heteroatoms. The first kappa shape index (κ1) is 11.8. The summed E-state index contributed by atoms with van der Waals surface area (Å²) < 4.78 is 5.16. The molecule has 0 unspecified atom stereocenters. The molecule has 0 atom stereocenters. The van der Waals surface area contributed by atoms with Gasteiger partial charge in [0.2, 0.25) is 0 Å². The first-order valence-electron chi connectivity index (χ1n) is 5.54. The molecule has 2 rings (SSSR count). The number of aromatic nitrogens is 2. The van der Waals surface area contributed by atoms with Crippen LogP contribution in [-0.4, -0.2) is 41.7 Å². The van der Waals surface area contributed by atoms with E-state index in [4.69, 9.17) is 9.84 Å². The largest absolute Gasteiger partial charge is 0.394 e. The van der Waals surface area contributed by atoms with Crippen molar-refractivity contribution >= 4 is 16.6 Å². The van der Waals surface area contributed by atoms with Gasteiger partial charge < -0.3 is 15.2 Å². The quantitative estimate of drug-likeness (QED) is 0.730. The second-order valence-corrected chi connectivity index (χ2v) is 3.54. The van der Waals surface area contributed by atoms with Crippen molar-refractivity contribution < 1.29 is 9.84 Å². The average Bonchev–Trinajstić information content (AvgIpc) is 2.39. The summed E-state index contributed by atoms with van der Waals surface area (Å²) in [5, 5.41) is 21.8. The molecule has 1 aromatic heterocycles. The Morgan fingerprint density at radius 3 is 3.00 bits per heavy atom. The lowest BCUT2D eigenvalue weighted by Gasteiger charge is -2.07. The maximum atomic E-state index is 8.56. The summed E-state index contributed by atoms with van der Waals surface area (Å²) in [6, 6.07) is 7.94. The Balaban J connectivity index is 1.98. The van der Waals surface area contributed by atoms with Crippen LogP contribution in [0.15, 0.2) is 30.5 Å². The summed E-state index contributed by atoms with van der Waals surface area (Å²) >= 11 is 0. The van der Waals surface area contributed by atoms with Crippen LogP contribution in [0, 0.1) is 0 Å². The van der Waals surface area contributed by atoms with E-state index in [1.54, 1.807) is 6.20 Å². The minimum absolute atomic E-state index is 0.0497. The highest BCUT2D eigenvalue weighted by Gasteiger charge is 2.01. The van der Waals surface area contributed by atoms with Crippen LogP contribution in [0.1, 0.15) is 0 Å². The molecule has 17 heavy (non-hydrogen) atoms. The summed E-state index contributed by atoms with van der Waals surface area (Å²) in [4.78, 5) is 0. The Bertz CT molecular complexity index is 471. The van der Waals surface area contributed by atoms with E-state index in [1.807, 2.05) is 24.3 Å². The monoisotopic (exact) mass is 233 g/mol. The fraction of sp³-hybridized carbons (Fsp3) is 0.333. The molecule has 0 aliphatic carbocycles. The Hall–Kier alpha value is -1.72. The van der Waals surface area contributed by atoms with Gasteiger partial charge in [0.05, 0.1) is 26.0 Å². The highest BCUT2D eigenvalue weighted by molar-refractivity contribution is 5.90. The minimum atomic E-state index is 0.0497. The lowest BCUT2D eigenvalue weighted by Crippen LogP contribution is -2.12. The van der Waals surface area contributed by atoms with Gasteiger partial charge in [-0.2, -0.15) is 5.10 Å². The number of nitrogens with one attached hydrogen (secondary N) is 1. The molecule has 1 aromatic carbocycles. The van der Waals surface area contributed by atoms with Crippen molar-refractivity contribution in [2.24, 2.45) is 0 Å². The third kappa shape index (κ3) is 3.12. The minimum Gasteiger partial charge on any atom is -0.394 e. The van der Waals surface area contributed by atoms with Crippen molar-refractivity contribution in [1.82, 2.24) is 10.2 Å². The van der Waals surface area contributed by atoms with E-state index in [0.717, 1.165) is 16.6 Å². The zero-order valence-corrected chi connectivity index (χ0v) is 9.47. The first-order chi connectivity index (χ1) is 8.42. The molecule has 1 heterocycles. The van der Waals surface area contributed by atoms with E-state index in [1.165, 1.54) is 0 Å². The number of nitrogens with zero attached hydrogens (tertiary/aromatic N) is 2. The van der Waals surface area contributed by atoms with E-state index in [0.29, 0.717) is 19.8 Å².